The van der Waals surface area contributed by atoms with E-state index in [1.165, 1.54) is 6.92 Å². The highest BCUT2D eigenvalue weighted by atomic mass is 32.1. The van der Waals surface area contributed by atoms with Gasteiger partial charge in [0.15, 0.2) is 0 Å². The van der Waals surface area contributed by atoms with Crippen LogP contribution in [0.3, 0.4) is 0 Å². The molecule has 2 N–H and O–H groups in total. The Morgan fingerprint density at radius 2 is 2.25 bits per heavy atom. The van der Waals surface area contributed by atoms with Crippen molar-refractivity contribution >= 4 is 28.9 Å². The van der Waals surface area contributed by atoms with Crippen LogP contribution in [0.1, 0.15) is 12.5 Å². The average molecular weight is 237 g/mol. The summed E-state index contributed by atoms with van der Waals surface area (Å²) < 4.78 is 5.47. The van der Waals surface area contributed by atoms with Crippen molar-refractivity contribution in [3.63, 3.8) is 0 Å². The highest BCUT2D eigenvalue weighted by Crippen LogP contribution is 2.34. The number of hydrogen-bond donors (Lipinski definition) is 2. The van der Waals surface area contributed by atoms with Gasteiger partial charge in [-0.3, -0.25) is 0 Å². The molecule has 1 unspecified atom stereocenters. The highest BCUT2D eigenvalue weighted by molar-refractivity contribution is 7.80. The second kappa shape index (κ2) is 3.45. The molecule has 2 rings (SSSR count). The van der Waals surface area contributed by atoms with Crippen molar-refractivity contribution in [3.05, 3.63) is 23.8 Å². The third-order valence-electron chi connectivity index (χ3n) is 2.54. The van der Waals surface area contributed by atoms with E-state index in [9.17, 15) is 4.79 Å². The molecule has 1 heterocycles. The number of ether oxygens (including phenoxy) is 1. The fourth-order valence-electron chi connectivity index (χ4n) is 1.47. The lowest BCUT2D eigenvalue weighted by Crippen LogP contribution is -2.53. The summed E-state index contributed by atoms with van der Waals surface area (Å²) in [5.74, 6) is -0.587. The predicted molar refractivity (Wildman–Crippen MR) is 64.1 cm³/mol. The highest BCUT2D eigenvalue weighted by Gasteiger charge is 2.44. The molecule has 0 bridgehead atoms. The zero-order valence-electron chi connectivity index (χ0n) is 8.90. The molecule has 5 heteroatoms. The zero-order chi connectivity index (χ0) is 11.9. The summed E-state index contributed by atoms with van der Waals surface area (Å²) in [6.45, 7) is 3.35. The third-order valence-corrected chi connectivity index (χ3v) is 3.03. The van der Waals surface area contributed by atoms with E-state index in [0.717, 1.165) is 5.56 Å². The van der Waals surface area contributed by atoms with Gasteiger partial charge in [0.1, 0.15) is 10.7 Å². The van der Waals surface area contributed by atoms with Crippen LogP contribution in [0, 0.1) is 6.92 Å². The van der Waals surface area contributed by atoms with Crippen LogP contribution in [0.2, 0.25) is 0 Å². The van der Waals surface area contributed by atoms with Crippen LogP contribution in [-0.4, -0.2) is 21.7 Å². The van der Waals surface area contributed by atoms with Crippen molar-refractivity contribution in [1.29, 1.82) is 0 Å². The lowest BCUT2D eigenvalue weighted by Gasteiger charge is -2.33. The quantitative estimate of drug-likeness (QED) is 0.731. The molecule has 0 aromatic heterocycles. The monoisotopic (exact) mass is 237 g/mol. The van der Waals surface area contributed by atoms with Gasteiger partial charge in [0.05, 0.1) is 5.69 Å². The standard InChI is InChI=1S/C11H11NO3S/c1-6-3-4-7-8(5-6)15-11(2,10(13)14)9(16)12-7/h3-5H,1-2H3,(H,12,16)(H,13,14). The summed E-state index contributed by atoms with van der Waals surface area (Å²) in [7, 11) is 0. The fraction of sp³-hybridized carbons (Fsp3) is 0.273. The minimum Gasteiger partial charge on any atom is -0.478 e. The minimum absolute atomic E-state index is 0.163. The van der Waals surface area contributed by atoms with Crippen LogP contribution < -0.4 is 10.1 Å². The number of anilines is 1. The second-order valence-corrected chi connectivity index (χ2v) is 4.30. The molecule has 1 atom stereocenters. The lowest BCUT2D eigenvalue weighted by atomic mass is 10.0. The van der Waals surface area contributed by atoms with Crippen molar-refractivity contribution in [1.82, 2.24) is 0 Å². The predicted octanol–water partition coefficient (Wildman–Crippen LogP) is 1.97. The Morgan fingerprint density at radius 3 is 2.88 bits per heavy atom. The van der Waals surface area contributed by atoms with Gasteiger partial charge in [-0.2, -0.15) is 0 Å². The van der Waals surface area contributed by atoms with Gasteiger partial charge in [0.25, 0.3) is 5.60 Å². The first-order valence-electron chi connectivity index (χ1n) is 4.78. The summed E-state index contributed by atoms with van der Waals surface area (Å²) in [4.78, 5) is 11.3. The van der Waals surface area contributed by atoms with Gasteiger partial charge in [-0.15, -0.1) is 0 Å². The third kappa shape index (κ3) is 1.53. The van der Waals surface area contributed by atoms with E-state index < -0.39 is 11.6 Å². The molecule has 0 amide bonds. The van der Waals surface area contributed by atoms with E-state index in [1.54, 1.807) is 6.07 Å². The number of nitrogens with one attached hydrogen (secondary N) is 1. The van der Waals surface area contributed by atoms with E-state index >= 15 is 0 Å². The van der Waals surface area contributed by atoms with Crippen molar-refractivity contribution in [2.24, 2.45) is 0 Å². The number of aliphatic carboxylic acids is 1. The van der Waals surface area contributed by atoms with Crippen molar-refractivity contribution in [2.45, 2.75) is 19.4 Å². The van der Waals surface area contributed by atoms with Gasteiger partial charge in [0.2, 0.25) is 0 Å². The van der Waals surface area contributed by atoms with Crippen LogP contribution >= 0.6 is 12.2 Å². The van der Waals surface area contributed by atoms with E-state index in [4.69, 9.17) is 22.1 Å². The Kier molecular flexibility index (Phi) is 2.35. The molecule has 0 saturated heterocycles. The number of benzene rings is 1. The van der Waals surface area contributed by atoms with Gasteiger partial charge >= 0.3 is 5.97 Å². The summed E-state index contributed by atoms with van der Waals surface area (Å²) >= 11 is 5.01. The Bertz CT molecular complexity index is 486. The molecule has 0 radical (unpaired) electrons. The van der Waals surface area contributed by atoms with Gasteiger partial charge in [0, 0.05) is 0 Å². The van der Waals surface area contributed by atoms with Crippen LogP contribution in [0.15, 0.2) is 18.2 Å². The molecule has 1 aliphatic heterocycles. The first-order valence-corrected chi connectivity index (χ1v) is 5.19. The number of aryl methyl sites for hydroxylation is 1. The fourth-order valence-corrected chi connectivity index (χ4v) is 1.70. The molecule has 16 heavy (non-hydrogen) atoms. The van der Waals surface area contributed by atoms with Gasteiger partial charge < -0.3 is 15.2 Å². The van der Waals surface area contributed by atoms with E-state index in [2.05, 4.69) is 5.32 Å². The molecule has 4 nitrogen and oxygen atoms in total. The maximum atomic E-state index is 11.1. The van der Waals surface area contributed by atoms with Gasteiger partial charge in [-0.1, -0.05) is 18.3 Å². The number of carboxylic acid groups (broad SMARTS) is 1. The lowest BCUT2D eigenvalue weighted by molar-refractivity contribution is -0.148. The van der Waals surface area contributed by atoms with Gasteiger partial charge in [-0.25, -0.2) is 4.79 Å². The Morgan fingerprint density at radius 1 is 1.56 bits per heavy atom. The normalized spacial score (nSPS) is 23.0. The van der Waals surface area contributed by atoms with E-state index in [-0.39, 0.29) is 4.99 Å². The van der Waals surface area contributed by atoms with Crippen LogP contribution in [0.25, 0.3) is 0 Å². The summed E-state index contributed by atoms with van der Waals surface area (Å²) in [6, 6.07) is 5.50. The molecule has 0 aliphatic carbocycles. The number of carbonyl (C=O) groups is 1. The first kappa shape index (κ1) is 10.9. The Labute approximate surface area is 98.2 Å². The Hall–Kier alpha value is -1.62. The van der Waals surface area contributed by atoms with Crippen molar-refractivity contribution in [2.75, 3.05) is 5.32 Å². The van der Waals surface area contributed by atoms with Crippen LogP contribution in [-0.2, 0) is 4.79 Å². The van der Waals surface area contributed by atoms with Crippen molar-refractivity contribution < 1.29 is 14.6 Å². The molecule has 0 fully saturated rings. The molecule has 1 aliphatic rings. The maximum absolute atomic E-state index is 11.1. The maximum Gasteiger partial charge on any atom is 0.355 e. The van der Waals surface area contributed by atoms with Crippen LogP contribution in [0.5, 0.6) is 5.75 Å². The average Bonchev–Trinajstić information content (AvgIpc) is 2.20. The van der Waals surface area contributed by atoms with Crippen LogP contribution in [0.4, 0.5) is 5.69 Å². The summed E-state index contributed by atoms with van der Waals surface area (Å²) in [6.07, 6.45) is 0. The SMILES string of the molecule is Cc1ccc2c(c1)OC(C)(C(=O)O)C(=S)N2. The number of hydrogen-bond acceptors (Lipinski definition) is 3. The van der Waals surface area contributed by atoms with Crippen molar-refractivity contribution in [3.8, 4) is 5.75 Å². The number of rotatable bonds is 1. The van der Waals surface area contributed by atoms with E-state index in [1.807, 2.05) is 19.1 Å². The first-order chi connectivity index (χ1) is 7.43. The number of fused-ring (bicyclic) bond motifs is 1. The molecule has 1 aromatic rings. The number of carboxylic acids is 1. The Balaban J connectivity index is 2.48. The summed E-state index contributed by atoms with van der Waals surface area (Å²) in [5.41, 5.74) is 0.214. The molecular formula is C11H11NO3S. The topological polar surface area (TPSA) is 58.6 Å². The summed E-state index contributed by atoms with van der Waals surface area (Å²) in [5, 5.41) is 12.0. The largest absolute Gasteiger partial charge is 0.478 e. The molecule has 1 aromatic carbocycles. The van der Waals surface area contributed by atoms with E-state index in [0.29, 0.717) is 11.4 Å². The molecule has 0 spiro atoms. The number of thiocarbonyl (C=S) groups is 1. The molecule has 84 valence electrons. The second-order valence-electron chi connectivity index (χ2n) is 3.89. The molecule has 0 saturated carbocycles. The van der Waals surface area contributed by atoms with Gasteiger partial charge in [-0.05, 0) is 31.5 Å². The zero-order valence-corrected chi connectivity index (χ0v) is 9.72. The minimum atomic E-state index is -1.49. The molecular weight excluding hydrogens is 226 g/mol. The smallest absolute Gasteiger partial charge is 0.355 e.